The zero-order chi connectivity index (χ0) is 10.4. The number of carbonyl (C=O) groups excluding carboxylic acids is 1. The molecule has 1 amide bonds. The summed E-state index contributed by atoms with van der Waals surface area (Å²) < 4.78 is 0. The van der Waals surface area contributed by atoms with Gasteiger partial charge >= 0.3 is 0 Å². The van der Waals surface area contributed by atoms with Gasteiger partial charge in [-0.15, -0.1) is 0 Å². The van der Waals surface area contributed by atoms with E-state index in [1.165, 1.54) is 0 Å². The number of nitrogens with zero attached hydrogens (tertiary/aromatic N) is 1. The minimum atomic E-state index is 0.303. The highest BCUT2D eigenvalue weighted by Crippen LogP contribution is 2.08. The summed E-state index contributed by atoms with van der Waals surface area (Å²) in [7, 11) is 0. The third-order valence-electron chi connectivity index (χ3n) is 2.15. The number of thioether (sulfide) groups is 1. The molecule has 0 aromatic carbocycles. The van der Waals surface area contributed by atoms with Gasteiger partial charge in [0.1, 0.15) is 0 Å². The van der Waals surface area contributed by atoms with Gasteiger partial charge in [-0.25, -0.2) is 0 Å². The van der Waals surface area contributed by atoms with E-state index >= 15 is 0 Å². The lowest BCUT2D eigenvalue weighted by Gasteiger charge is -2.27. The molecule has 1 N–H and O–H groups in total. The molecular weight excluding hydrogens is 196 g/mol. The number of rotatable bonds is 4. The molecule has 0 radical (unpaired) electrons. The molecular formula is C10H20N2OS. The molecule has 0 aromatic rings. The quantitative estimate of drug-likeness (QED) is 0.755. The topological polar surface area (TPSA) is 32.3 Å². The van der Waals surface area contributed by atoms with Gasteiger partial charge in [0, 0.05) is 26.2 Å². The molecule has 0 aliphatic carbocycles. The van der Waals surface area contributed by atoms with Gasteiger partial charge in [-0.2, -0.15) is 11.8 Å². The van der Waals surface area contributed by atoms with E-state index in [9.17, 15) is 4.79 Å². The molecule has 14 heavy (non-hydrogen) atoms. The van der Waals surface area contributed by atoms with Gasteiger partial charge in [0.05, 0.1) is 5.75 Å². The van der Waals surface area contributed by atoms with Crippen LogP contribution >= 0.6 is 11.8 Å². The van der Waals surface area contributed by atoms with Crippen LogP contribution in [0.1, 0.15) is 13.8 Å². The molecule has 4 heteroatoms. The Morgan fingerprint density at radius 2 is 2.07 bits per heavy atom. The lowest BCUT2D eigenvalue weighted by molar-refractivity contribution is -0.128. The summed E-state index contributed by atoms with van der Waals surface area (Å²) >= 11 is 1.75. The molecule has 0 unspecified atom stereocenters. The van der Waals surface area contributed by atoms with Crippen LogP contribution in [0, 0.1) is 5.92 Å². The largest absolute Gasteiger partial charge is 0.339 e. The number of hydrogen-bond donors (Lipinski definition) is 1. The Hall–Kier alpha value is -0.220. The molecule has 0 aromatic heterocycles. The Labute approximate surface area is 90.6 Å². The normalized spacial score (nSPS) is 17.5. The maximum absolute atomic E-state index is 11.7. The highest BCUT2D eigenvalue weighted by molar-refractivity contribution is 7.99. The molecule has 1 aliphatic rings. The van der Waals surface area contributed by atoms with E-state index in [0.717, 1.165) is 31.9 Å². The Morgan fingerprint density at radius 1 is 1.43 bits per heavy atom. The fraction of sp³-hybridized carbons (Fsp3) is 0.900. The van der Waals surface area contributed by atoms with Gasteiger partial charge in [-0.3, -0.25) is 4.79 Å². The van der Waals surface area contributed by atoms with Crippen molar-refractivity contribution in [3.05, 3.63) is 0 Å². The lowest BCUT2D eigenvalue weighted by atomic mass is 10.3. The maximum atomic E-state index is 11.7. The summed E-state index contributed by atoms with van der Waals surface area (Å²) in [6.07, 6.45) is 0. The van der Waals surface area contributed by atoms with E-state index in [1.807, 2.05) is 4.90 Å². The Balaban J connectivity index is 2.13. The average molecular weight is 216 g/mol. The van der Waals surface area contributed by atoms with Crippen molar-refractivity contribution in [2.24, 2.45) is 5.92 Å². The van der Waals surface area contributed by atoms with Gasteiger partial charge in [-0.1, -0.05) is 13.8 Å². The second-order valence-corrected chi connectivity index (χ2v) is 5.07. The number of amides is 1. The van der Waals surface area contributed by atoms with Gasteiger partial charge in [-0.05, 0) is 11.7 Å². The number of nitrogens with one attached hydrogen (secondary N) is 1. The van der Waals surface area contributed by atoms with Crippen LogP contribution in [-0.2, 0) is 4.79 Å². The van der Waals surface area contributed by atoms with Crippen LogP contribution in [0.15, 0.2) is 0 Å². The van der Waals surface area contributed by atoms with Crippen LogP contribution in [0.5, 0.6) is 0 Å². The van der Waals surface area contributed by atoms with Crippen LogP contribution in [0.2, 0.25) is 0 Å². The summed E-state index contributed by atoms with van der Waals surface area (Å²) in [6, 6.07) is 0. The number of piperazine rings is 1. The van der Waals surface area contributed by atoms with Crippen molar-refractivity contribution in [3.8, 4) is 0 Å². The summed E-state index contributed by atoms with van der Waals surface area (Å²) in [4.78, 5) is 13.6. The third kappa shape index (κ3) is 4.33. The summed E-state index contributed by atoms with van der Waals surface area (Å²) in [5.41, 5.74) is 0. The second-order valence-electron chi connectivity index (χ2n) is 4.04. The molecule has 0 atom stereocenters. The summed E-state index contributed by atoms with van der Waals surface area (Å²) in [5.74, 6) is 2.71. The van der Waals surface area contributed by atoms with Crippen LogP contribution in [0.3, 0.4) is 0 Å². The molecule has 0 bridgehead atoms. The van der Waals surface area contributed by atoms with Crippen LogP contribution in [-0.4, -0.2) is 48.5 Å². The Kier molecular flexibility index (Phi) is 5.33. The van der Waals surface area contributed by atoms with Gasteiger partial charge in [0.15, 0.2) is 0 Å². The van der Waals surface area contributed by atoms with Crippen LogP contribution in [0.25, 0.3) is 0 Å². The van der Waals surface area contributed by atoms with E-state index in [0.29, 0.717) is 17.6 Å². The fourth-order valence-corrected chi connectivity index (χ4v) is 2.33. The highest BCUT2D eigenvalue weighted by Gasteiger charge is 2.15. The molecule has 1 aliphatic heterocycles. The van der Waals surface area contributed by atoms with Gasteiger partial charge in [0.2, 0.25) is 5.91 Å². The first-order valence-corrected chi connectivity index (χ1v) is 6.42. The first-order chi connectivity index (χ1) is 6.70. The maximum Gasteiger partial charge on any atom is 0.232 e. The zero-order valence-electron chi connectivity index (χ0n) is 9.08. The zero-order valence-corrected chi connectivity index (χ0v) is 9.90. The number of hydrogen-bond acceptors (Lipinski definition) is 3. The monoisotopic (exact) mass is 216 g/mol. The molecule has 3 nitrogen and oxygen atoms in total. The van der Waals surface area contributed by atoms with Crippen molar-refractivity contribution >= 4 is 17.7 Å². The summed E-state index contributed by atoms with van der Waals surface area (Å²) in [5, 5.41) is 3.24. The van der Waals surface area contributed by atoms with Gasteiger partial charge < -0.3 is 10.2 Å². The molecule has 0 spiro atoms. The smallest absolute Gasteiger partial charge is 0.232 e. The van der Waals surface area contributed by atoms with E-state index in [2.05, 4.69) is 19.2 Å². The second kappa shape index (κ2) is 6.30. The first kappa shape index (κ1) is 11.9. The predicted octanol–water partition coefficient (Wildman–Crippen LogP) is 0.807. The Bertz CT molecular complexity index is 179. The molecule has 82 valence electrons. The summed E-state index contributed by atoms with van der Waals surface area (Å²) in [6.45, 7) is 8.01. The van der Waals surface area contributed by atoms with E-state index in [4.69, 9.17) is 0 Å². The van der Waals surface area contributed by atoms with Crippen molar-refractivity contribution in [1.82, 2.24) is 10.2 Å². The first-order valence-electron chi connectivity index (χ1n) is 5.26. The minimum absolute atomic E-state index is 0.303. The van der Waals surface area contributed by atoms with Crippen molar-refractivity contribution in [2.45, 2.75) is 13.8 Å². The van der Waals surface area contributed by atoms with Crippen molar-refractivity contribution in [2.75, 3.05) is 37.7 Å². The molecule has 1 fully saturated rings. The van der Waals surface area contributed by atoms with E-state index in [1.54, 1.807) is 11.8 Å². The molecule has 0 saturated carbocycles. The van der Waals surface area contributed by atoms with E-state index < -0.39 is 0 Å². The van der Waals surface area contributed by atoms with Crippen LogP contribution < -0.4 is 5.32 Å². The minimum Gasteiger partial charge on any atom is -0.339 e. The Morgan fingerprint density at radius 3 is 2.64 bits per heavy atom. The predicted molar refractivity (Wildman–Crippen MR) is 61.6 cm³/mol. The fourth-order valence-electron chi connectivity index (χ4n) is 1.39. The number of carbonyl (C=O) groups is 1. The molecule has 1 saturated heterocycles. The molecule has 1 rings (SSSR count). The van der Waals surface area contributed by atoms with E-state index in [-0.39, 0.29) is 0 Å². The molecule has 1 heterocycles. The van der Waals surface area contributed by atoms with Gasteiger partial charge in [0.25, 0.3) is 0 Å². The van der Waals surface area contributed by atoms with Crippen molar-refractivity contribution in [1.29, 1.82) is 0 Å². The SMILES string of the molecule is CC(C)CSCC(=O)N1CCNCC1. The average Bonchev–Trinajstić information content (AvgIpc) is 2.18. The highest BCUT2D eigenvalue weighted by atomic mass is 32.2. The van der Waals surface area contributed by atoms with Crippen molar-refractivity contribution in [3.63, 3.8) is 0 Å². The van der Waals surface area contributed by atoms with Crippen molar-refractivity contribution < 1.29 is 4.79 Å². The standard InChI is InChI=1S/C10H20N2OS/c1-9(2)7-14-8-10(13)12-5-3-11-4-6-12/h9,11H,3-8H2,1-2H3. The third-order valence-corrected chi connectivity index (χ3v) is 3.50. The van der Waals surface area contributed by atoms with Crippen LogP contribution in [0.4, 0.5) is 0 Å². The lowest BCUT2D eigenvalue weighted by Crippen LogP contribution is -2.47.